The van der Waals surface area contributed by atoms with Crippen LogP contribution in [-0.2, 0) is 0 Å². The Labute approximate surface area is 173 Å². The third kappa shape index (κ3) is 5.82. The lowest BCUT2D eigenvalue weighted by Crippen LogP contribution is -2.49. The van der Waals surface area contributed by atoms with E-state index in [9.17, 15) is 4.79 Å². The molecule has 0 spiro atoms. The van der Waals surface area contributed by atoms with Crippen LogP contribution in [0.5, 0.6) is 5.75 Å². The number of hydrogen-bond acceptors (Lipinski definition) is 6. The molecule has 0 aliphatic carbocycles. The van der Waals surface area contributed by atoms with E-state index in [0.717, 1.165) is 50.0 Å². The van der Waals surface area contributed by atoms with Crippen LogP contribution in [0.15, 0.2) is 36.4 Å². The van der Waals surface area contributed by atoms with Gasteiger partial charge in [0.1, 0.15) is 11.6 Å². The summed E-state index contributed by atoms with van der Waals surface area (Å²) in [6.07, 6.45) is 3.41. The van der Waals surface area contributed by atoms with Crippen LogP contribution in [0.4, 0.5) is 11.6 Å². The summed E-state index contributed by atoms with van der Waals surface area (Å²) in [4.78, 5) is 16.9. The fraction of sp³-hybridized carbons (Fsp3) is 0.500. The van der Waals surface area contributed by atoms with E-state index in [0.29, 0.717) is 18.7 Å². The number of aromatic nitrogens is 2. The van der Waals surface area contributed by atoms with E-state index < -0.39 is 0 Å². The fourth-order valence-electron chi connectivity index (χ4n) is 3.33. The van der Waals surface area contributed by atoms with E-state index in [-0.39, 0.29) is 5.91 Å². The van der Waals surface area contributed by atoms with Gasteiger partial charge in [0.05, 0.1) is 6.61 Å². The van der Waals surface area contributed by atoms with E-state index in [1.54, 1.807) is 0 Å². The van der Waals surface area contributed by atoms with Crippen molar-refractivity contribution in [3.05, 3.63) is 42.0 Å². The number of amides is 1. The number of carbonyl (C=O) groups excluding carboxylic acids is 1. The summed E-state index contributed by atoms with van der Waals surface area (Å²) in [6, 6.07) is 11.4. The Morgan fingerprint density at radius 3 is 2.38 bits per heavy atom. The standard InChI is InChI=1S/C22H31N5O2/c1-3-5-6-17-29-19-9-7-18(8-10-19)22(28)27-15-13-26(14-16-27)21-12-11-20(23-4-2)24-25-21/h7-12H,3-6,13-17H2,1-2H3,(H,23,24). The molecule has 7 nitrogen and oxygen atoms in total. The highest BCUT2D eigenvalue weighted by atomic mass is 16.5. The minimum Gasteiger partial charge on any atom is -0.494 e. The Balaban J connectivity index is 1.49. The second-order valence-corrected chi connectivity index (χ2v) is 7.17. The van der Waals surface area contributed by atoms with E-state index in [1.165, 1.54) is 12.8 Å². The van der Waals surface area contributed by atoms with Crippen molar-refractivity contribution in [1.82, 2.24) is 15.1 Å². The van der Waals surface area contributed by atoms with Crippen molar-refractivity contribution in [2.45, 2.75) is 33.1 Å². The molecule has 156 valence electrons. The van der Waals surface area contributed by atoms with Crippen LogP contribution in [0, 0.1) is 0 Å². The van der Waals surface area contributed by atoms with Gasteiger partial charge >= 0.3 is 0 Å². The van der Waals surface area contributed by atoms with Crippen molar-refractivity contribution in [3.63, 3.8) is 0 Å². The molecule has 1 amide bonds. The van der Waals surface area contributed by atoms with Crippen molar-refractivity contribution in [3.8, 4) is 5.75 Å². The Kier molecular flexibility index (Phi) is 7.67. The van der Waals surface area contributed by atoms with Crippen LogP contribution < -0.4 is 15.0 Å². The normalized spacial score (nSPS) is 14.0. The predicted octanol–water partition coefficient (Wildman–Crippen LogP) is 3.44. The van der Waals surface area contributed by atoms with Gasteiger partial charge in [-0.3, -0.25) is 4.79 Å². The lowest BCUT2D eigenvalue weighted by atomic mass is 10.1. The molecule has 0 atom stereocenters. The summed E-state index contributed by atoms with van der Waals surface area (Å²) in [7, 11) is 0. The van der Waals surface area contributed by atoms with Gasteiger partial charge in [0, 0.05) is 38.3 Å². The third-order valence-electron chi connectivity index (χ3n) is 5.02. The summed E-state index contributed by atoms with van der Waals surface area (Å²) in [5.41, 5.74) is 0.703. The third-order valence-corrected chi connectivity index (χ3v) is 5.02. The van der Waals surface area contributed by atoms with Crippen LogP contribution >= 0.6 is 0 Å². The van der Waals surface area contributed by atoms with Gasteiger partial charge in [0.25, 0.3) is 5.91 Å². The van der Waals surface area contributed by atoms with Crippen LogP contribution in [0.1, 0.15) is 43.5 Å². The number of carbonyl (C=O) groups is 1. The van der Waals surface area contributed by atoms with Crippen molar-refractivity contribution < 1.29 is 9.53 Å². The molecule has 3 rings (SSSR count). The van der Waals surface area contributed by atoms with Gasteiger partial charge in [-0.05, 0) is 49.7 Å². The van der Waals surface area contributed by atoms with E-state index in [1.807, 2.05) is 48.2 Å². The van der Waals surface area contributed by atoms with Gasteiger partial charge in [-0.2, -0.15) is 0 Å². The zero-order valence-corrected chi connectivity index (χ0v) is 17.4. The molecule has 2 aromatic rings. The van der Waals surface area contributed by atoms with Crippen molar-refractivity contribution in [2.24, 2.45) is 0 Å². The molecule has 1 aromatic carbocycles. The topological polar surface area (TPSA) is 70.6 Å². The quantitative estimate of drug-likeness (QED) is 0.654. The van der Waals surface area contributed by atoms with E-state index >= 15 is 0 Å². The molecule has 0 radical (unpaired) electrons. The maximum absolute atomic E-state index is 12.8. The molecule has 1 saturated heterocycles. The van der Waals surface area contributed by atoms with Gasteiger partial charge in [-0.15, -0.1) is 10.2 Å². The zero-order chi connectivity index (χ0) is 20.5. The highest BCUT2D eigenvalue weighted by Crippen LogP contribution is 2.18. The van der Waals surface area contributed by atoms with Crippen molar-refractivity contribution in [1.29, 1.82) is 0 Å². The monoisotopic (exact) mass is 397 g/mol. The predicted molar refractivity (Wildman–Crippen MR) is 116 cm³/mol. The number of unbranched alkanes of at least 4 members (excludes halogenated alkanes) is 2. The van der Waals surface area contributed by atoms with Crippen molar-refractivity contribution >= 4 is 17.5 Å². The first-order chi connectivity index (χ1) is 14.2. The summed E-state index contributed by atoms with van der Waals surface area (Å²) < 4.78 is 5.73. The highest BCUT2D eigenvalue weighted by Gasteiger charge is 2.23. The zero-order valence-electron chi connectivity index (χ0n) is 17.4. The highest BCUT2D eigenvalue weighted by molar-refractivity contribution is 5.94. The SMILES string of the molecule is CCCCCOc1ccc(C(=O)N2CCN(c3ccc(NCC)nn3)CC2)cc1. The second-order valence-electron chi connectivity index (χ2n) is 7.17. The minimum atomic E-state index is 0.0655. The number of rotatable bonds is 9. The molecular weight excluding hydrogens is 366 g/mol. The number of hydrogen-bond donors (Lipinski definition) is 1. The molecule has 0 bridgehead atoms. The summed E-state index contributed by atoms with van der Waals surface area (Å²) >= 11 is 0. The number of benzene rings is 1. The molecule has 1 N–H and O–H groups in total. The smallest absolute Gasteiger partial charge is 0.253 e. The molecule has 1 aromatic heterocycles. The van der Waals surface area contributed by atoms with Crippen LogP contribution in [-0.4, -0.2) is 60.3 Å². The number of nitrogens with zero attached hydrogens (tertiary/aromatic N) is 4. The molecule has 2 heterocycles. The Bertz CT molecular complexity index is 756. The Morgan fingerprint density at radius 2 is 1.76 bits per heavy atom. The van der Waals surface area contributed by atoms with Gasteiger partial charge in [-0.1, -0.05) is 19.8 Å². The first-order valence-electron chi connectivity index (χ1n) is 10.6. The van der Waals surface area contributed by atoms with Crippen LogP contribution in [0.25, 0.3) is 0 Å². The maximum atomic E-state index is 12.8. The van der Waals surface area contributed by atoms with Gasteiger partial charge in [-0.25, -0.2) is 0 Å². The van der Waals surface area contributed by atoms with Gasteiger partial charge < -0.3 is 19.9 Å². The molecule has 1 aliphatic rings. The number of anilines is 2. The van der Waals surface area contributed by atoms with E-state index in [4.69, 9.17) is 4.74 Å². The lowest BCUT2D eigenvalue weighted by Gasteiger charge is -2.35. The maximum Gasteiger partial charge on any atom is 0.253 e. The average Bonchev–Trinajstić information content (AvgIpc) is 2.78. The van der Waals surface area contributed by atoms with Crippen molar-refractivity contribution in [2.75, 3.05) is 49.5 Å². The van der Waals surface area contributed by atoms with Gasteiger partial charge in [0.15, 0.2) is 5.82 Å². The first kappa shape index (κ1) is 20.9. The molecule has 29 heavy (non-hydrogen) atoms. The molecule has 1 fully saturated rings. The summed E-state index contributed by atoms with van der Waals surface area (Å²) in [5.74, 6) is 2.52. The van der Waals surface area contributed by atoms with Crippen LogP contribution in [0.2, 0.25) is 0 Å². The Morgan fingerprint density at radius 1 is 1.00 bits per heavy atom. The number of nitrogens with one attached hydrogen (secondary N) is 1. The second kappa shape index (κ2) is 10.6. The summed E-state index contributed by atoms with van der Waals surface area (Å²) in [6.45, 7) is 8.59. The minimum absolute atomic E-state index is 0.0655. The molecule has 1 aliphatic heterocycles. The average molecular weight is 398 g/mol. The molecule has 7 heteroatoms. The Hall–Kier alpha value is -2.83. The molecular formula is C22H31N5O2. The molecule has 0 unspecified atom stereocenters. The van der Waals surface area contributed by atoms with E-state index in [2.05, 4.69) is 27.3 Å². The first-order valence-corrected chi connectivity index (χ1v) is 10.6. The fourth-order valence-corrected chi connectivity index (χ4v) is 3.33. The summed E-state index contributed by atoms with van der Waals surface area (Å²) in [5, 5.41) is 11.6. The number of ether oxygens (including phenoxy) is 1. The lowest BCUT2D eigenvalue weighted by molar-refractivity contribution is 0.0746. The largest absolute Gasteiger partial charge is 0.494 e. The van der Waals surface area contributed by atoms with Crippen LogP contribution in [0.3, 0.4) is 0 Å². The molecule has 0 saturated carbocycles. The van der Waals surface area contributed by atoms with Gasteiger partial charge in [0.2, 0.25) is 0 Å². The number of piperazine rings is 1.